The molecule has 0 radical (unpaired) electrons. The lowest BCUT2D eigenvalue weighted by atomic mass is 10.0. The number of nitrogens with one attached hydrogen (secondary N) is 1. The van der Waals surface area contributed by atoms with Crippen molar-refractivity contribution in [3.63, 3.8) is 0 Å². The Kier molecular flexibility index (Phi) is 4.24. The van der Waals surface area contributed by atoms with Gasteiger partial charge in [-0.2, -0.15) is 5.26 Å². The first-order valence-electron chi connectivity index (χ1n) is 6.14. The van der Waals surface area contributed by atoms with Crippen LogP contribution in [0.15, 0.2) is 46.9 Å². The van der Waals surface area contributed by atoms with E-state index in [0.29, 0.717) is 5.56 Å². The van der Waals surface area contributed by atoms with E-state index in [0.717, 1.165) is 15.7 Å². The van der Waals surface area contributed by atoms with Crippen LogP contribution in [0.2, 0.25) is 0 Å². The summed E-state index contributed by atoms with van der Waals surface area (Å²) in [6, 6.07) is 16.4. The highest BCUT2D eigenvalue weighted by atomic mass is 79.9. The van der Waals surface area contributed by atoms with Crippen molar-refractivity contribution in [2.24, 2.45) is 0 Å². The maximum absolute atomic E-state index is 9.24. The summed E-state index contributed by atoms with van der Waals surface area (Å²) in [5.41, 5.74) is 3.76. The highest BCUT2D eigenvalue weighted by Crippen LogP contribution is 2.28. The summed E-state index contributed by atoms with van der Waals surface area (Å²) in [4.78, 5) is 0. The van der Waals surface area contributed by atoms with Crippen LogP contribution in [0.3, 0.4) is 0 Å². The SMILES string of the molecule is Cc1cccc(NC(C)c2ccccc2Br)c1C#N. The van der Waals surface area contributed by atoms with Gasteiger partial charge < -0.3 is 5.32 Å². The molecule has 0 amide bonds. The second-order valence-electron chi connectivity index (χ2n) is 4.50. The molecular weight excluding hydrogens is 300 g/mol. The average molecular weight is 315 g/mol. The molecule has 0 aliphatic heterocycles. The summed E-state index contributed by atoms with van der Waals surface area (Å²) < 4.78 is 1.07. The van der Waals surface area contributed by atoms with Crippen LogP contribution < -0.4 is 5.32 Å². The largest absolute Gasteiger partial charge is 0.377 e. The zero-order chi connectivity index (χ0) is 13.8. The summed E-state index contributed by atoms with van der Waals surface area (Å²) in [5, 5.41) is 12.6. The van der Waals surface area contributed by atoms with Gasteiger partial charge in [0.1, 0.15) is 6.07 Å². The summed E-state index contributed by atoms with van der Waals surface area (Å²) >= 11 is 3.56. The normalized spacial score (nSPS) is 11.7. The molecule has 1 N–H and O–H groups in total. The molecule has 3 heteroatoms. The van der Waals surface area contributed by atoms with Crippen molar-refractivity contribution in [3.8, 4) is 6.07 Å². The van der Waals surface area contributed by atoms with Gasteiger partial charge in [0, 0.05) is 10.5 Å². The van der Waals surface area contributed by atoms with Crippen LogP contribution in [-0.4, -0.2) is 0 Å². The molecule has 2 aromatic rings. The van der Waals surface area contributed by atoms with E-state index in [4.69, 9.17) is 0 Å². The highest BCUT2D eigenvalue weighted by molar-refractivity contribution is 9.10. The molecule has 0 spiro atoms. The molecule has 1 atom stereocenters. The number of hydrogen-bond donors (Lipinski definition) is 1. The van der Waals surface area contributed by atoms with Gasteiger partial charge in [0.05, 0.1) is 11.3 Å². The molecule has 2 aromatic carbocycles. The van der Waals surface area contributed by atoms with E-state index in [2.05, 4.69) is 40.3 Å². The Balaban J connectivity index is 2.30. The zero-order valence-electron chi connectivity index (χ0n) is 10.9. The minimum atomic E-state index is 0.129. The number of aryl methyl sites for hydroxylation is 1. The van der Waals surface area contributed by atoms with Gasteiger partial charge in [0.25, 0.3) is 0 Å². The van der Waals surface area contributed by atoms with E-state index in [1.54, 1.807) is 0 Å². The topological polar surface area (TPSA) is 35.8 Å². The van der Waals surface area contributed by atoms with Crippen LogP contribution in [0, 0.1) is 18.3 Å². The molecule has 19 heavy (non-hydrogen) atoms. The van der Waals surface area contributed by atoms with Crippen molar-refractivity contribution < 1.29 is 0 Å². The lowest BCUT2D eigenvalue weighted by molar-refractivity contribution is 0.877. The van der Waals surface area contributed by atoms with Crippen LogP contribution in [0.1, 0.15) is 29.7 Å². The van der Waals surface area contributed by atoms with Gasteiger partial charge in [-0.05, 0) is 37.1 Å². The fourth-order valence-electron chi connectivity index (χ4n) is 2.07. The van der Waals surface area contributed by atoms with Gasteiger partial charge in [0.2, 0.25) is 0 Å². The summed E-state index contributed by atoms with van der Waals surface area (Å²) in [6.45, 7) is 4.04. The first-order chi connectivity index (χ1) is 9.13. The van der Waals surface area contributed by atoms with Crippen LogP contribution in [0.4, 0.5) is 5.69 Å². The molecule has 0 saturated carbocycles. The number of nitrogens with zero attached hydrogens (tertiary/aromatic N) is 1. The first kappa shape index (κ1) is 13.6. The smallest absolute Gasteiger partial charge is 0.102 e. The van der Waals surface area contributed by atoms with Crippen LogP contribution in [0.5, 0.6) is 0 Å². The highest BCUT2D eigenvalue weighted by Gasteiger charge is 2.11. The maximum atomic E-state index is 9.24. The summed E-state index contributed by atoms with van der Waals surface area (Å²) in [7, 11) is 0. The Bertz CT molecular complexity index is 629. The number of benzene rings is 2. The molecule has 2 rings (SSSR count). The third kappa shape index (κ3) is 2.97. The average Bonchev–Trinajstić information content (AvgIpc) is 2.39. The Labute approximate surface area is 122 Å². The predicted molar refractivity (Wildman–Crippen MR) is 82.1 cm³/mol. The standard InChI is InChI=1S/C16H15BrN2/c1-11-6-5-9-16(14(11)10-18)19-12(2)13-7-3-4-8-15(13)17/h3-9,12,19H,1-2H3. The molecule has 96 valence electrons. The number of nitriles is 1. The Morgan fingerprint density at radius 2 is 1.89 bits per heavy atom. The summed E-state index contributed by atoms with van der Waals surface area (Å²) in [6.07, 6.45) is 0. The molecule has 0 fully saturated rings. The van der Waals surface area contributed by atoms with Gasteiger partial charge >= 0.3 is 0 Å². The van der Waals surface area contributed by atoms with Crippen molar-refractivity contribution >= 4 is 21.6 Å². The zero-order valence-corrected chi connectivity index (χ0v) is 12.5. The van der Waals surface area contributed by atoms with Gasteiger partial charge in [-0.25, -0.2) is 0 Å². The number of hydrogen-bond acceptors (Lipinski definition) is 2. The lowest BCUT2D eigenvalue weighted by Crippen LogP contribution is -2.08. The third-order valence-corrected chi connectivity index (χ3v) is 3.85. The van der Waals surface area contributed by atoms with Gasteiger partial charge in [-0.15, -0.1) is 0 Å². The molecular formula is C16H15BrN2. The second-order valence-corrected chi connectivity index (χ2v) is 5.35. The lowest BCUT2D eigenvalue weighted by Gasteiger charge is -2.18. The fourth-order valence-corrected chi connectivity index (χ4v) is 2.70. The number of rotatable bonds is 3. The molecule has 0 saturated heterocycles. The maximum Gasteiger partial charge on any atom is 0.102 e. The molecule has 2 nitrogen and oxygen atoms in total. The Hall–Kier alpha value is -1.79. The summed E-state index contributed by atoms with van der Waals surface area (Å²) in [5.74, 6) is 0. The van der Waals surface area contributed by atoms with Crippen molar-refractivity contribution in [2.45, 2.75) is 19.9 Å². The molecule has 0 aliphatic rings. The minimum Gasteiger partial charge on any atom is -0.377 e. The first-order valence-corrected chi connectivity index (χ1v) is 6.93. The van der Waals surface area contributed by atoms with Crippen LogP contribution >= 0.6 is 15.9 Å². The van der Waals surface area contributed by atoms with Crippen molar-refractivity contribution in [2.75, 3.05) is 5.32 Å². The Morgan fingerprint density at radius 1 is 1.16 bits per heavy atom. The molecule has 0 aromatic heterocycles. The minimum absolute atomic E-state index is 0.129. The van der Waals surface area contributed by atoms with Gasteiger partial charge in [0.15, 0.2) is 0 Å². The quantitative estimate of drug-likeness (QED) is 0.883. The predicted octanol–water partition coefficient (Wildman–Crippen LogP) is 4.80. The van der Waals surface area contributed by atoms with Crippen molar-refractivity contribution in [1.82, 2.24) is 0 Å². The molecule has 0 aliphatic carbocycles. The van der Waals surface area contributed by atoms with E-state index in [-0.39, 0.29) is 6.04 Å². The van der Waals surface area contributed by atoms with Gasteiger partial charge in [-0.1, -0.05) is 46.3 Å². The van der Waals surface area contributed by atoms with E-state index in [1.807, 2.05) is 43.3 Å². The van der Waals surface area contributed by atoms with E-state index < -0.39 is 0 Å². The third-order valence-electron chi connectivity index (χ3n) is 3.13. The fraction of sp³-hybridized carbons (Fsp3) is 0.188. The van der Waals surface area contributed by atoms with Crippen LogP contribution in [0.25, 0.3) is 0 Å². The Morgan fingerprint density at radius 3 is 2.58 bits per heavy atom. The number of anilines is 1. The van der Waals surface area contributed by atoms with E-state index >= 15 is 0 Å². The van der Waals surface area contributed by atoms with E-state index in [1.165, 1.54) is 5.56 Å². The monoisotopic (exact) mass is 314 g/mol. The van der Waals surface area contributed by atoms with Crippen molar-refractivity contribution in [1.29, 1.82) is 5.26 Å². The van der Waals surface area contributed by atoms with E-state index in [9.17, 15) is 5.26 Å². The van der Waals surface area contributed by atoms with Crippen molar-refractivity contribution in [3.05, 3.63) is 63.6 Å². The second kappa shape index (κ2) is 5.90. The molecule has 0 bridgehead atoms. The molecule has 0 heterocycles. The van der Waals surface area contributed by atoms with Crippen LogP contribution in [-0.2, 0) is 0 Å². The van der Waals surface area contributed by atoms with Gasteiger partial charge in [-0.3, -0.25) is 0 Å². The molecule has 1 unspecified atom stereocenters. The number of halogens is 1.